The molecule has 0 aliphatic carbocycles. The average molecular weight is 395 g/mol. The van der Waals surface area contributed by atoms with E-state index in [1.165, 1.54) is 0 Å². The van der Waals surface area contributed by atoms with Gasteiger partial charge in [0, 0.05) is 23.2 Å². The van der Waals surface area contributed by atoms with Gasteiger partial charge in [-0.3, -0.25) is 9.59 Å². The fourth-order valence-electron chi connectivity index (χ4n) is 3.81. The molecule has 0 radical (unpaired) electrons. The van der Waals surface area contributed by atoms with Crippen molar-refractivity contribution in [3.63, 3.8) is 0 Å². The smallest absolute Gasteiger partial charge is 0.267 e. The molecule has 1 aliphatic heterocycles. The Morgan fingerprint density at radius 2 is 1.73 bits per heavy atom. The van der Waals surface area contributed by atoms with Gasteiger partial charge in [0.05, 0.1) is 11.3 Å². The van der Waals surface area contributed by atoms with Crippen LogP contribution in [0.1, 0.15) is 19.4 Å². The molecule has 0 bridgehead atoms. The average Bonchev–Trinajstić information content (AvgIpc) is 3.01. The molecule has 30 heavy (non-hydrogen) atoms. The number of hydrogen-bond acceptors (Lipinski definition) is 3. The second kappa shape index (κ2) is 7.84. The molecule has 0 aromatic heterocycles. The van der Waals surface area contributed by atoms with E-state index < -0.39 is 5.91 Å². The van der Waals surface area contributed by atoms with E-state index in [0.717, 1.165) is 16.5 Å². The van der Waals surface area contributed by atoms with Gasteiger partial charge in [0.15, 0.2) is 0 Å². The van der Waals surface area contributed by atoms with E-state index in [1.54, 1.807) is 17.0 Å². The van der Waals surface area contributed by atoms with Crippen LogP contribution < -0.4 is 10.2 Å². The summed E-state index contributed by atoms with van der Waals surface area (Å²) in [6, 6.07) is 22.5. The Balaban J connectivity index is 1.78. The van der Waals surface area contributed by atoms with Crippen molar-refractivity contribution in [1.82, 2.24) is 0 Å². The quantitative estimate of drug-likeness (QED) is 0.511. The van der Waals surface area contributed by atoms with Gasteiger partial charge in [-0.1, -0.05) is 68.4 Å². The first kappa shape index (κ1) is 19.4. The number of carbonyl (C=O) groups is 2. The number of carbonyl (C=O) groups excluding carboxylic acids is 2. The summed E-state index contributed by atoms with van der Waals surface area (Å²) in [6.45, 7) is 4.56. The molecule has 0 fully saturated rings. The zero-order valence-corrected chi connectivity index (χ0v) is 16.8. The number of amides is 2. The number of benzene rings is 3. The van der Waals surface area contributed by atoms with E-state index in [1.807, 2.05) is 74.5 Å². The number of nitrogens with zero attached hydrogens (tertiary/aromatic N) is 2. The Labute approximate surface area is 175 Å². The lowest BCUT2D eigenvalue weighted by molar-refractivity contribution is -0.114. The van der Waals surface area contributed by atoms with Crippen LogP contribution in [0.2, 0.25) is 0 Å². The third-order valence-corrected chi connectivity index (χ3v) is 5.10. The molecule has 1 aliphatic rings. The van der Waals surface area contributed by atoms with E-state index in [2.05, 4.69) is 5.32 Å². The lowest BCUT2D eigenvalue weighted by Crippen LogP contribution is -2.31. The lowest BCUT2D eigenvalue weighted by atomic mass is 10.0. The van der Waals surface area contributed by atoms with Crippen LogP contribution in [0, 0.1) is 17.2 Å². The minimum atomic E-state index is -0.585. The van der Waals surface area contributed by atoms with Crippen LogP contribution in [0.4, 0.5) is 11.4 Å². The molecule has 2 amide bonds. The van der Waals surface area contributed by atoms with Crippen molar-refractivity contribution in [2.75, 3.05) is 16.8 Å². The molecule has 148 valence electrons. The fraction of sp³-hybridized carbons (Fsp3) is 0.160. The second-order valence-electron chi connectivity index (χ2n) is 7.67. The molecule has 1 N–H and O–H groups in total. The first-order chi connectivity index (χ1) is 14.5. The summed E-state index contributed by atoms with van der Waals surface area (Å²) in [7, 11) is 0. The molecule has 3 aromatic carbocycles. The van der Waals surface area contributed by atoms with Gasteiger partial charge >= 0.3 is 0 Å². The topological polar surface area (TPSA) is 73.2 Å². The second-order valence-corrected chi connectivity index (χ2v) is 7.67. The Morgan fingerprint density at radius 3 is 2.50 bits per heavy atom. The largest absolute Gasteiger partial charge is 0.321 e. The summed E-state index contributed by atoms with van der Waals surface area (Å²) in [5, 5.41) is 14.5. The van der Waals surface area contributed by atoms with E-state index >= 15 is 0 Å². The third-order valence-electron chi connectivity index (χ3n) is 5.10. The molecule has 0 saturated carbocycles. The predicted octanol–water partition coefficient (Wildman–Crippen LogP) is 4.76. The van der Waals surface area contributed by atoms with Crippen LogP contribution >= 0.6 is 0 Å². The van der Waals surface area contributed by atoms with Gasteiger partial charge in [-0.15, -0.1) is 0 Å². The van der Waals surface area contributed by atoms with E-state index in [-0.39, 0.29) is 23.0 Å². The zero-order chi connectivity index (χ0) is 21.3. The maximum Gasteiger partial charge on any atom is 0.267 e. The normalized spacial score (nSPS) is 14.6. The SMILES string of the molecule is CC(C)CN1C(=O)C(=C(C#N)C(=O)Nc2cccc3ccccc23)c2ccccc21. The Kier molecular flexibility index (Phi) is 5.07. The number of para-hydroxylation sites is 1. The number of nitrogens with one attached hydrogen (secondary N) is 1. The van der Waals surface area contributed by atoms with Gasteiger partial charge < -0.3 is 10.2 Å². The highest BCUT2D eigenvalue weighted by molar-refractivity contribution is 6.38. The van der Waals surface area contributed by atoms with Crippen LogP contribution in [-0.4, -0.2) is 18.4 Å². The van der Waals surface area contributed by atoms with Crippen LogP contribution in [0.5, 0.6) is 0 Å². The molecule has 4 rings (SSSR count). The standard InChI is InChI=1S/C25H21N3O2/c1-16(2)15-28-22-13-6-5-11-19(22)23(25(28)30)20(14-26)24(29)27-21-12-7-9-17-8-3-4-10-18(17)21/h3-13,16H,15H2,1-2H3,(H,27,29). The minimum Gasteiger partial charge on any atom is -0.321 e. The third kappa shape index (κ3) is 3.33. The number of hydrogen-bond donors (Lipinski definition) is 1. The summed E-state index contributed by atoms with van der Waals surface area (Å²) in [6.07, 6.45) is 0. The van der Waals surface area contributed by atoms with Crippen LogP contribution in [0.3, 0.4) is 0 Å². The summed E-state index contributed by atoms with van der Waals surface area (Å²) >= 11 is 0. The Bertz CT molecular complexity index is 1230. The van der Waals surface area contributed by atoms with Crippen molar-refractivity contribution in [3.8, 4) is 6.07 Å². The lowest BCUT2D eigenvalue weighted by Gasteiger charge is -2.19. The molecule has 0 unspecified atom stereocenters. The predicted molar refractivity (Wildman–Crippen MR) is 119 cm³/mol. The molecular formula is C25H21N3O2. The zero-order valence-electron chi connectivity index (χ0n) is 16.8. The maximum absolute atomic E-state index is 13.2. The monoisotopic (exact) mass is 395 g/mol. The fourth-order valence-corrected chi connectivity index (χ4v) is 3.81. The number of anilines is 2. The molecule has 1 heterocycles. The highest BCUT2D eigenvalue weighted by Crippen LogP contribution is 2.39. The molecule has 3 aromatic rings. The van der Waals surface area contributed by atoms with Gasteiger partial charge in [-0.25, -0.2) is 0 Å². The highest BCUT2D eigenvalue weighted by atomic mass is 16.2. The molecule has 5 nitrogen and oxygen atoms in total. The van der Waals surface area contributed by atoms with Crippen molar-refractivity contribution in [2.24, 2.45) is 5.92 Å². The van der Waals surface area contributed by atoms with Crippen molar-refractivity contribution < 1.29 is 9.59 Å². The number of rotatable bonds is 4. The number of nitriles is 1. The van der Waals surface area contributed by atoms with Crippen molar-refractivity contribution in [3.05, 3.63) is 77.9 Å². The van der Waals surface area contributed by atoms with Gasteiger partial charge in [0.2, 0.25) is 0 Å². The van der Waals surface area contributed by atoms with Crippen molar-refractivity contribution in [2.45, 2.75) is 13.8 Å². The van der Waals surface area contributed by atoms with Gasteiger partial charge in [0.1, 0.15) is 11.6 Å². The number of fused-ring (bicyclic) bond motifs is 2. The van der Waals surface area contributed by atoms with Crippen LogP contribution in [0.15, 0.2) is 72.3 Å². The van der Waals surface area contributed by atoms with Crippen LogP contribution in [0.25, 0.3) is 16.3 Å². The molecule has 0 atom stereocenters. The summed E-state index contributed by atoms with van der Waals surface area (Å²) in [4.78, 5) is 28.0. The van der Waals surface area contributed by atoms with E-state index in [0.29, 0.717) is 17.8 Å². The van der Waals surface area contributed by atoms with Crippen molar-refractivity contribution >= 4 is 39.5 Å². The summed E-state index contributed by atoms with van der Waals surface area (Å²) < 4.78 is 0. The van der Waals surface area contributed by atoms with E-state index in [9.17, 15) is 14.9 Å². The molecule has 0 spiro atoms. The Hall–Kier alpha value is -3.91. The van der Waals surface area contributed by atoms with Gasteiger partial charge in [-0.2, -0.15) is 5.26 Å². The van der Waals surface area contributed by atoms with E-state index in [4.69, 9.17) is 0 Å². The minimum absolute atomic E-state index is 0.159. The molecule has 5 heteroatoms. The van der Waals surface area contributed by atoms with Crippen molar-refractivity contribution in [1.29, 1.82) is 5.26 Å². The highest BCUT2D eigenvalue weighted by Gasteiger charge is 2.36. The van der Waals surface area contributed by atoms with Gasteiger partial charge in [0.25, 0.3) is 11.8 Å². The first-order valence-electron chi connectivity index (χ1n) is 9.86. The summed E-state index contributed by atoms with van der Waals surface area (Å²) in [5.74, 6) is -0.649. The van der Waals surface area contributed by atoms with Crippen LogP contribution in [-0.2, 0) is 9.59 Å². The molecule has 0 saturated heterocycles. The first-order valence-corrected chi connectivity index (χ1v) is 9.86. The summed E-state index contributed by atoms with van der Waals surface area (Å²) in [5.41, 5.74) is 1.94. The maximum atomic E-state index is 13.2. The molecular weight excluding hydrogens is 374 g/mol. The van der Waals surface area contributed by atoms with Gasteiger partial charge in [-0.05, 0) is 23.4 Å². The Morgan fingerprint density at radius 1 is 1.03 bits per heavy atom.